The van der Waals surface area contributed by atoms with Crippen LogP contribution in [0.15, 0.2) is 18.2 Å². The summed E-state index contributed by atoms with van der Waals surface area (Å²) in [6.45, 7) is 17.2. The first-order valence-corrected chi connectivity index (χ1v) is 32.1. The third-order valence-corrected chi connectivity index (χ3v) is 15.2. The summed E-state index contributed by atoms with van der Waals surface area (Å²) < 4.78 is 0. The van der Waals surface area contributed by atoms with E-state index in [0.717, 1.165) is 0 Å². The van der Waals surface area contributed by atoms with E-state index >= 15 is 0 Å². The van der Waals surface area contributed by atoms with Crippen LogP contribution >= 0.6 is 0 Å². The molecule has 0 bridgehead atoms. The predicted molar refractivity (Wildman–Crippen MR) is 343 cm³/mol. The van der Waals surface area contributed by atoms with E-state index in [4.69, 9.17) is 5.73 Å². The maximum atomic E-state index is 13.7. The highest BCUT2D eigenvalue weighted by Gasteiger charge is 2.31. The first kappa shape index (κ1) is 83.7. The normalized spacial score (nSPS) is 14.8. The number of aromatic nitrogens is 1. The Balaban J connectivity index is 2.96. The third-order valence-electron chi connectivity index (χ3n) is 15.2. The molecule has 10 amide bonds. The van der Waals surface area contributed by atoms with Crippen molar-refractivity contribution in [2.75, 3.05) is 13.2 Å². The molecule has 17 N–H and O–H groups in total. The van der Waals surface area contributed by atoms with Crippen molar-refractivity contribution in [3.05, 3.63) is 29.6 Å². The molecule has 0 radical (unpaired) electrons. The van der Waals surface area contributed by atoms with E-state index in [-0.39, 0.29) is 92.8 Å². The number of aromatic carboxylic acids is 1. The topological polar surface area (TPSA) is 499 Å². The molecule has 0 aromatic carbocycles. The van der Waals surface area contributed by atoms with Crippen molar-refractivity contribution in [2.24, 2.45) is 29.4 Å². The van der Waals surface area contributed by atoms with Crippen LogP contribution in [0.2, 0.25) is 0 Å². The lowest BCUT2D eigenvalue weighted by Crippen LogP contribution is -2.48. The lowest BCUT2D eigenvalue weighted by atomic mass is 9.94. The quantitative estimate of drug-likeness (QED) is 0.0407. The number of amides is 10. The standard InChI is InChI=1S/C63H104N12O19/c1-11-37(8)49(74-56(83)26-42(21-34(2)3)69-51(78)23-39(10)66-57(84)30-47(35(4)5)75-62(92)45-16-14-17-46(72-45)63(93)94)31-58(85)68-41(18-19-59(86)87)25-54(81)71-44(33-76)28-52(79)65-38(9)22-50(77)67-40(15-12-13-20-64)24-53(80)70-43(29-60(88)89)27-55(82)73-48(36(6)7)32-61(90)91/h14,16-17,34-44,47-49,76H,11-13,15,18-33,64H2,1-10H3,(H,65,79)(H,66,84)(H,67,77)(H,68,85)(H,69,78)(H,70,80)(H,71,81)(H,73,82)(H,74,83)(H,75,92)(H,86,87)(H,88,89)(H,90,91)(H,93,94)/t37-,38-,39-,40-,41-,42-,43+,44+,47+,48+,49+/m0/s1. The number of nitrogens with one attached hydrogen (secondary N) is 10. The van der Waals surface area contributed by atoms with Crippen LogP contribution in [0.1, 0.15) is 206 Å². The Hall–Kier alpha value is -8.35. The minimum atomic E-state index is -1.31. The van der Waals surface area contributed by atoms with Crippen molar-refractivity contribution in [1.29, 1.82) is 0 Å². The van der Waals surface area contributed by atoms with Gasteiger partial charge in [0.25, 0.3) is 5.91 Å². The van der Waals surface area contributed by atoms with Crippen LogP contribution in [0.5, 0.6) is 0 Å². The zero-order valence-corrected chi connectivity index (χ0v) is 55.9. The number of aliphatic hydroxyl groups is 1. The lowest BCUT2D eigenvalue weighted by molar-refractivity contribution is -0.139. The summed E-state index contributed by atoms with van der Waals surface area (Å²) >= 11 is 0. The molecule has 0 aliphatic carbocycles. The number of hydrogen-bond donors (Lipinski definition) is 16. The van der Waals surface area contributed by atoms with Crippen LogP contribution in [0, 0.1) is 23.7 Å². The molecule has 0 aliphatic rings. The van der Waals surface area contributed by atoms with Gasteiger partial charge in [-0.05, 0) is 81.9 Å². The van der Waals surface area contributed by atoms with Gasteiger partial charge in [-0.15, -0.1) is 0 Å². The Labute approximate surface area is 549 Å². The summed E-state index contributed by atoms with van der Waals surface area (Å²) in [5, 5.41) is 74.7. The van der Waals surface area contributed by atoms with Crippen LogP contribution in [-0.4, -0.2) is 187 Å². The number of aliphatic hydroxyl groups excluding tert-OH is 1. The SMILES string of the molecule is CC[C@H](C)[C@@H](CC(=O)N[C@@H](CCC(=O)O)CC(=O)N[C@@H](CO)CC(=O)N[C@@H](C)CC(=O)N[C@@H](CCCCN)CC(=O)N[C@@H](CC(=O)O)CC(=O)N[C@H](CC(=O)O)C(C)C)NC(=O)C[C@H](CC(C)C)NC(=O)C[C@H](C)NC(=O)C[C@@H](NC(=O)c1cccc(C(=O)O)n1)C(C)C. The van der Waals surface area contributed by atoms with Gasteiger partial charge in [-0.25, -0.2) is 9.78 Å². The molecule has 31 heteroatoms. The number of carboxylic acid groups (broad SMARTS) is 4. The van der Waals surface area contributed by atoms with Gasteiger partial charge in [0, 0.05) is 119 Å². The predicted octanol–water partition coefficient (Wildman–Crippen LogP) is 1.13. The van der Waals surface area contributed by atoms with E-state index in [9.17, 15) is 92.7 Å². The minimum absolute atomic E-state index is 0.0245. The molecule has 31 nitrogen and oxygen atoms in total. The summed E-state index contributed by atoms with van der Waals surface area (Å²) in [7, 11) is 0. The zero-order chi connectivity index (χ0) is 71.4. The summed E-state index contributed by atoms with van der Waals surface area (Å²) in [4.78, 5) is 183. The number of carboxylic acids is 4. The van der Waals surface area contributed by atoms with Gasteiger partial charge in [0.05, 0.1) is 25.5 Å². The molecule has 1 heterocycles. The van der Waals surface area contributed by atoms with Gasteiger partial charge in [-0.3, -0.25) is 62.3 Å². The smallest absolute Gasteiger partial charge is 0.354 e. The van der Waals surface area contributed by atoms with Crippen LogP contribution in [0.25, 0.3) is 0 Å². The van der Waals surface area contributed by atoms with E-state index < -0.39 is 182 Å². The van der Waals surface area contributed by atoms with E-state index in [1.165, 1.54) is 25.1 Å². The van der Waals surface area contributed by atoms with E-state index in [2.05, 4.69) is 58.2 Å². The van der Waals surface area contributed by atoms with E-state index in [1.54, 1.807) is 34.6 Å². The molecule has 11 atom stereocenters. The van der Waals surface area contributed by atoms with Crippen molar-refractivity contribution in [1.82, 2.24) is 58.2 Å². The molecule has 0 saturated carbocycles. The number of pyridine rings is 1. The monoisotopic (exact) mass is 1330 g/mol. The van der Waals surface area contributed by atoms with Crippen molar-refractivity contribution in [2.45, 2.75) is 245 Å². The van der Waals surface area contributed by atoms with Gasteiger partial charge in [0.15, 0.2) is 0 Å². The van der Waals surface area contributed by atoms with Gasteiger partial charge >= 0.3 is 23.9 Å². The van der Waals surface area contributed by atoms with Crippen LogP contribution < -0.4 is 58.9 Å². The largest absolute Gasteiger partial charge is 0.481 e. The molecule has 0 fully saturated rings. The van der Waals surface area contributed by atoms with E-state index in [0.29, 0.717) is 32.2 Å². The average molecular weight is 1330 g/mol. The summed E-state index contributed by atoms with van der Waals surface area (Å²) in [5.41, 5.74) is 5.21. The molecular weight excluding hydrogens is 1230 g/mol. The molecule has 1 rings (SSSR count). The van der Waals surface area contributed by atoms with Gasteiger partial charge in [-0.2, -0.15) is 0 Å². The molecule has 0 saturated heterocycles. The summed E-state index contributed by atoms with van der Waals surface area (Å²) in [5.74, 6) is -11.8. The highest BCUT2D eigenvalue weighted by Crippen LogP contribution is 2.17. The highest BCUT2D eigenvalue weighted by molar-refractivity contribution is 5.95. The van der Waals surface area contributed by atoms with Crippen LogP contribution in [0.3, 0.4) is 0 Å². The average Bonchev–Trinajstić information content (AvgIpc) is 0.996. The molecule has 94 heavy (non-hydrogen) atoms. The van der Waals surface area contributed by atoms with Gasteiger partial charge < -0.3 is 84.4 Å². The Kier molecular flexibility index (Phi) is 39.4. The first-order valence-electron chi connectivity index (χ1n) is 32.1. The Bertz CT molecular complexity index is 2690. The molecule has 1 aromatic heterocycles. The second kappa shape index (κ2) is 44.3. The van der Waals surface area contributed by atoms with Gasteiger partial charge in [0.2, 0.25) is 53.2 Å². The molecular formula is C63H104N12O19. The number of unbranched alkanes of at least 4 members (excludes halogenated alkanes) is 1. The van der Waals surface area contributed by atoms with E-state index in [1.807, 2.05) is 27.7 Å². The molecule has 0 spiro atoms. The van der Waals surface area contributed by atoms with Crippen molar-refractivity contribution in [3.8, 4) is 0 Å². The number of carbonyl (C=O) groups is 14. The van der Waals surface area contributed by atoms with Crippen molar-refractivity contribution < 1.29 is 92.7 Å². The summed E-state index contributed by atoms with van der Waals surface area (Å²) in [6.07, 6.45) is -2.20. The second-order valence-electron chi connectivity index (χ2n) is 25.3. The van der Waals surface area contributed by atoms with Crippen molar-refractivity contribution >= 4 is 82.9 Å². The maximum absolute atomic E-state index is 13.7. The lowest BCUT2D eigenvalue weighted by Gasteiger charge is -2.27. The number of rotatable bonds is 48. The Morgan fingerprint density at radius 2 is 0.830 bits per heavy atom. The highest BCUT2D eigenvalue weighted by atomic mass is 16.4. The fraction of sp³-hybridized carbons (Fsp3) is 0.698. The van der Waals surface area contributed by atoms with Crippen molar-refractivity contribution in [3.63, 3.8) is 0 Å². The minimum Gasteiger partial charge on any atom is -0.481 e. The molecule has 0 aliphatic heterocycles. The number of nitrogens with two attached hydrogens (primary N) is 1. The second-order valence-corrected chi connectivity index (χ2v) is 25.3. The number of aliphatic carboxylic acids is 3. The van der Waals surface area contributed by atoms with Crippen LogP contribution in [-0.2, 0) is 57.5 Å². The number of hydrogen-bond acceptors (Lipinski definition) is 17. The van der Waals surface area contributed by atoms with Gasteiger partial charge in [-0.1, -0.05) is 74.3 Å². The zero-order valence-electron chi connectivity index (χ0n) is 55.9. The molecule has 0 unspecified atom stereocenters. The fourth-order valence-electron chi connectivity index (χ4n) is 10.1. The number of carbonyl (C=O) groups excluding carboxylic acids is 10. The molecule has 530 valence electrons. The molecule has 1 aromatic rings. The fourth-order valence-corrected chi connectivity index (χ4v) is 10.1. The maximum Gasteiger partial charge on any atom is 0.354 e. The Morgan fingerprint density at radius 1 is 0.426 bits per heavy atom. The Morgan fingerprint density at radius 3 is 1.32 bits per heavy atom. The third kappa shape index (κ3) is 37.4. The summed E-state index contributed by atoms with van der Waals surface area (Å²) in [6, 6.07) is -4.52. The first-order chi connectivity index (χ1) is 44.0. The van der Waals surface area contributed by atoms with Crippen LogP contribution in [0.4, 0.5) is 0 Å². The number of nitrogens with zero attached hydrogens (tertiary/aromatic N) is 1. The van der Waals surface area contributed by atoms with Gasteiger partial charge in [0.1, 0.15) is 11.4 Å².